The second kappa shape index (κ2) is 6.58. The van der Waals surface area contributed by atoms with Crippen molar-refractivity contribution in [3.8, 4) is 0 Å². The standard InChI is InChI=1S/C17H15BrFNO2/c18-14-6-4-12(5-7-14)16-11-20(8-9-22-16)17(21)13-2-1-3-15(19)10-13/h1-7,10,16H,8-9,11H2. The molecule has 1 saturated heterocycles. The maximum absolute atomic E-state index is 13.3. The zero-order chi connectivity index (χ0) is 15.5. The van der Waals surface area contributed by atoms with Gasteiger partial charge in [0, 0.05) is 16.6 Å². The van der Waals surface area contributed by atoms with E-state index in [0.717, 1.165) is 10.0 Å². The molecule has 3 rings (SSSR count). The fourth-order valence-corrected chi connectivity index (χ4v) is 2.78. The summed E-state index contributed by atoms with van der Waals surface area (Å²) in [6.45, 7) is 1.46. The minimum atomic E-state index is -0.399. The molecule has 0 saturated carbocycles. The number of amides is 1. The highest BCUT2D eigenvalue weighted by Gasteiger charge is 2.26. The summed E-state index contributed by atoms with van der Waals surface area (Å²) >= 11 is 3.40. The van der Waals surface area contributed by atoms with Gasteiger partial charge in [0.25, 0.3) is 5.91 Å². The van der Waals surface area contributed by atoms with Gasteiger partial charge in [-0.2, -0.15) is 0 Å². The van der Waals surface area contributed by atoms with Crippen LogP contribution in [0.2, 0.25) is 0 Å². The maximum Gasteiger partial charge on any atom is 0.254 e. The molecule has 3 nitrogen and oxygen atoms in total. The van der Waals surface area contributed by atoms with E-state index in [0.29, 0.717) is 25.3 Å². The summed E-state index contributed by atoms with van der Waals surface area (Å²) in [6.07, 6.45) is -0.153. The van der Waals surface area contributed by atoms with E-state index in [9.17, 15) is 9.18 Å². The lowest BCUT2D eigenvalue weighted by molar-refractivity contribution is -0.0228. The number of morpholine rings is 1. The highest BCUT2D eigenvalue weighted by molar-refractivity contribution is 9.10. The molecule has 1 unspecified atom stereocenters. The summed E-state index contributed by atoms with van der Waals surface area (Å²) in [5.74, 6) is -0.562. The number of halogens is 2. The molecule has 0 bridgehead atoms. The van der Waals surface area contributed by atoms with Gasteiger partial charge < -0.3 is 9.64 Å². The molecule has 2 aromatic rings. The molecule has 0 N–H and O–H groups in total. The topological polar surface area (TPSA) is 29.5 Å². The lowest BCUT2D eigenvalue weighted by Crippen LogP contribution is -2.42. The third-order valence-corrected chi connectivity index (χ3v) is 4.20. The fourth-order valence-electron chi connectivity index (χ4n) is 2.52. The SMILES string of the molecule is O=C(c1cccc(F)c1)N1CCOC(c2ccc(Br)cc2)C1. The van der Waals surface area contributed by atoms with Crippen molar-refractivity contribution >= 4 is 21.8 Å². The Labute approximate surface area is 136 Å². The number of hydrogen-bond acceptors (Lipinski definition) is 2. The summed E-state index contributed by atoms with van der Waals surface area (Å²) in [4.78, 5) is 14.2. The first-order valence-electron chi connectivity index (χ1n) is 7.05. The first kappa shape index (κ1) is 15.2. The second-order valence-corrected chi connectivity index (χ2v) is 6.09. The van der Waals surface area contributed by atoms with E-state index in [1.807, 2.05) is 24.3 Å². The van der Waals surface area contributed by atoms with Crippen LogP contribution in [0.5, 0.6) is 0 Å². The number of ether oxygens (including phenoxy) is 1. The van der Waals surface area contributed by atoms with Crippen LogP contribution >= 0.6 is 15.9 Å². The Morgan fingerprint density at radius 3 is 2.73 bits per heavy atom. The summed E-state index contributed by atoms with van der Waals surface area (Å²) in [7, 11) is 0. The molecule has 22 heavy (non-hydrogen) atoms. The van der Waals surface area contributed by atoms with Crippen molar-refractivity contribution in [2.24, 2.45) is 0 Å². The second-order valence-electron chi connectivity index (χ2n) is 5.17. The molecule has 0 aliphatic carbocycles. The number of carbonyl (C=O) groups is 1. The third kappa shape index (κ3) is 3.36. The molecule has 2 aromatic carbocycles. The molecule has 1 fully saturated rings. The molecule has 5 heteroatoms. The zero-order valence-electron chi connectivity index (χ0n) is 11.8. The summed E-state index contributed by atoms with van der Waals surface area (Å²) < 4.78 is 20.0. The van der Waals surface area contributed by atoms with Crippen LogP contribution in [-0.4, -0.2) is 30.5 Å². The van der Waals surface area contributed by atoms with E-state index in [4.69, 9.17) is 4.74 Å². The van der Waals surface area contributed by atoms with Crippen LogP contribution in [0, 0.1) is 5.82 Å². The molecular weight excluding hydrogens is 349 g/mol. The average Bonchev–Trinajstić information content (AvgIpc) is 2.55. The molecule has 0 spiro atoms. The molecule has 1 heterocycles. The van der Waals surface area contributed by atoms with Crippen LogP contribution < -0.4 is 0 Å². The van der Waals surface area contributed by atoms with Gasteiger partial charge in [-0.15, -0.1) is 0 Å². The van der Waals surface area contributed by atoms with Crippen molar-refractivity contribution in [3.63, 3.8) is 0 Å². The van der Waals surface area contributed by atoms with Gasteiger partial charge >= 0.3 is 0 Å². The summed E-state index contributed by atoms with van der Waals surface area (Å²) in [6, 6.07) is 13.6. The first-order valence-corrected chi connectivity index (χ1v) is 7.85. The minimum absolute atomic E-state index is 0.153. The summed E-state index contributed by atoms with van der Waals surface area (Å²) in [5, 5.41) is 0. The number of carbonyl (C=O) groups excluding carboxylic acids is 1. The Kier molecular flexibility index (Phi) is 4.55. The zero-order valence-corrected chi connectivity index (χ0v) is 13.4. The van der Waals surface area contributed by atoms with Crippen LogP contribution in [0.25, 0.3) is 0 Å². The van der Waals surface area contributed by atoms with E-state index in [1.165, 1.54) is 12.1 Å². The van der Waals surface area contributed by atoms with Gasteiger partial charge in [0.1, 0.15) is 11.9 Å². The lowest BCUT2D eigenvalue weighted by atomic mass is 10.1. The van der Waals surface area contributed by atoms with Crippen molar-refractivity contribution in [1.29, 1.82) is 0 Å². The monoisotopic (exact) mass is 363 g/mol. The molecule has 0 aromatic heterocycles. The largest absolute Gasteiger partial charge is 0.370 e. The van der Waals surface area contributed by atoms with E-state index < -0.39 is 5.82 Å². The highest BCUT2D eigenvalue weighted by Crippen LogP contribution is 2.24. The fraction of sp³-hybridized carbons (Fsp3) is 0.235. The van der Waals surface area contributed by atoms with E-state index in [1.54, 1.807) is 17.0 Å². The molecule has 0 radical (unpaired) electrons. The lowest BCUT2D eigenvalue weighted by Gasteiger charge is -2.33. The predicted octanol–water partition coefficient (Wildman–Crippen LogP) is 3.80. The van der Waals surface area contributed by atoms with Crippen molar-refractivity contribution in [2.75, 3.05) is 19.7 Å². The molecule has 1 aliphatic rings. The van der Waals surface area contributed by atoms with E-state index in [2.05, 4.69) is 15.9 Å². The van der Waals surface area contributed by atoms with Gasteiger partial charge in [0.2, 0.25) is 0 Å². The number of hydrogen-bond donors (Lipinski definition) is 0. The van der Waals surface area contributed by atoms with E-state index in [-0.39, 0.29) is 12.0 Å². The Balaban J connectivity index is 1.75. The first-order chi connectivity index (χ1) is 10.6. The quantitative estimate of drug-likeness (QED) is 0.811. The van der Waals surface area contributed by atoms with Crippen molar-refractivity contribution in [1.82, 2.24) is 4.90 Å². The number of benzene rings is 2. The van der Waals surface area contributed by atoms with Gasteiger partial charge in [-0.25, -0.2) is 4.39 Å². The van der Waals surface area contributed by atoms with Gasteiger partial charge in [0.15, 0.2) is 0 Å². The number of rotatable bonds is 2. The van der Waals surface area contributed by atoms with Crippen molar-refractivity contribution in [3.05, 3.63) is 69.9 Å². The normalized spacial score (nSPS) is 18.3. The Morgan fingerprint density at radius 1 is 1.23 bits per heavy atom. The molecule has 1 aliphatic heterocycles. The smallest absolute Gasteiger partial charge is 0.254 e. The highest BCUT2D eigenvalue weighted by atomic mass is 79.9. The van der Waals surface area contributed by atoms with Gasteiger partial charge in [0.05, 0.1) is 13.2 Å². The Bertz CT molecular complexity index is 675. The van der Waals surface area contributed by atoms with Crippen molar-refractivity contribution < 1.29 is 13.9 Å². The van der Waals surface area contributed by atoms with Crippen LogP contribution in [-0.2, 0) is 4.74 Å². The van der Waals surface area contributed by atoms with Crippen LogP contribution in [0.4, 0.5) is 4.39 Å². The third-order valence-electron chi connectivity index (χ3n) is 3.67. The molecule has 1 amide bonds. The number of nitrogens with zero attached hydrogens (tertiary/aromatic N) is 1. The molecular formula is C17H15BrFNO2. The molecule has 1 atom stereocenters. The van der Waals surface area contributed by atoms with Crippen LogP contribution in [0.3, 0.4) is 0 Å². The maximum atomic E-state index is 13.3. The van der Waals surface area contributed by atoms with E-state index >= 15 is 0 Å². The van der Waals surface area contributed by atoms with Crippen LogP contribution in [0.15, 0.2) is 53.0 Å². The minimum Gasteiger partial charge on any atom is -0.370 e. The van der Waals surface area contributed by atoms with Crippen molar-refractivity contribution in [2.45, 2.75) is 6.10 Å². The van der Waals surface area contributed by atoms with Gasteiger partial charge in [-0.1, -0.05) is 34.1 Å². The average molecular weight is 364 g/mol. The molecule has 114 valence electrons. The van der Waals surface area contributed by atoms with Gasteiger partial charge in [-0.3, -0.25) is 4.79 Å². The predicted molar refractivity (Wildman–Crippen MR) is 85.1 cm³/mol. The Hall–Kier alpha value is -1.72. The van der Waals surface area contributed by atoms with Gasteiger partial charge in [-0.05, 0) is 35.9 Å². The Morgan fingerprint density at radius 2 is 2.00 bits per heavy atom. The summed E-state index contributed by atoms with van der Waals surface area (Å²) in [5.41, 5.74) is 1.40. The van der Waals surface area contributed by atoms with Crippen LogP contribution in [0.1, 0.15) is 22.0 Å².